The minimum atomic E-state index is -1.08. The fraction of sp³-hybridized carbons (Fsp3) is 0.0645. The second-order valence-corrected chi connectivity index (χ2v) is 17.4. The molecule has 1 amide bonds. The first-order chi connectivity index (χ1) is 34.8. The van der Waals surface area contributed by atoms with Crippen LogP contribution in [0, 0.1) is 0 Å². The number of carbonyl (C=O) groups excluding carboxylic acids is 1. The second kappa shape index (κ2) is 18.9. The Bertz CT molecular complexity index is 3740. The summed E-state index contributed by atoms with van der Waals surface area (Å²) < 4.78 is 17.9. The highest BCUT2D eigenvalue weighted by Gasteiger charge is 2.23. The molecule has 0 aromatic heterocycles. The number of hydrogen-bond acceptors (Lipinski definition) is 5. The number of carbonyl (C=O) groups is 2. The zero-order valence-electron chi connectivity index (χ0n) is 38.5. The van der Waals surface area contributed by atoms with Gasteiger partial charge in [0.1, 0.15) is 30.5 Å². The van der Waals surface area contributed by atoms with Gasteiger partial charge in [-0.05, 0) is 140 Å². The van der Waals surface area contributed by atoms with Gasteiger partial charge < -0.3 is 19.3 Å². The SMILES string of the molecule is COc1ccc(-c2c3c(c(-c4ccc(COc5cc(OCc6ccc(-c7c8ccccc8c(-c8ccc(C(=O)N=[N+]=[N-])cc8)c8ccccc78)cc6)cc(C(=O)O)c5)cc4)c4ccccc24)CC=C3)cc1. The molecular formula is C62H43N3O6. The number of benzene rings is 10. The fourth-order valence-electron chi connectivity index (χ4n) is 9.96. The number of methoxy groups -OCH3 is 1. The van der Waals surface area contributed by atoms with Crippen molar-refractivity contribution >= 4 is 50.3 Å². The highest BCUT2D eigenvalue weighted by molar-refractivity contribution is 6.21. The number of hydrogen-bond donors (Lipinski definition) is 1. The van der Waals surface area contributed by atoms with Gasteiger partial charge in [0.05, 0.1) is 12.7 Å². The number of carboxylic acid groups (broad SMARTS) is 1. The molecule has 0 spiro atoms. The lowest BCUT2D eigenvalue weighted by Gasteiger charge is -2.19. The van der Waals surface area contributed by atoms with Crippen LogP contribution in [0.25, 0.3) is 93.3 Å². The number of amides is 1. The molecule has 9 nitrogen and oxygen atoms in total. The Hall–Kier alpha value is -9.43. The quantitative estimate of drug-likeness (QED) is 0.0530. The van der Waals surface area contributed by atoms with Gasteiger partial charge in [-0.25, -0.2) is 4.79 Å². The van der Waals surface area contributed by atoms with Crippen molar-refractivity contribution in [3.05, 3.63) is 238 Å². The topological polar surface area (TPSA) is 131 Å². The molecule has 0 atom stereocenters. The molecule has 0 radical (unpaired) electrons. The minimum absolute atomic E-state index is 0.0652. The third-order valence-corrected chi connectivity index (χ3v) is 13.3. The van der Waals surface area contributed by atoms with E-state index in [1.807, 2.05) is 60.7 Å². The molecule has 0 unspecified atom stereocenters. The Kier molecular flexibility index (Phi) is 11.8. The molecule has 71 heavy (non-hydrogen) atoms. The monoisotopic (exact) mass is 925 g/mol. The first-order valence-electron chi connectivity index (χ1n) is 23.2. The van der Waals surface area contributed by atoms with Gasteiger partial charge in [0.25, 0.3) is 0 Å². The number of aromatic carboxylic acids is 1. The van der Waals surface area contributed by atoms with Crippen molar-refractivity contribution in [3.8, 4) is 61.8 Å². The van der Waals surface area contributed by atoms with Crippen LogP contribution in [0.1, 0.15) is 43.0 Å². The lowest BCUT2D eigenvalue weighted by atomic mass is 9.84. The molecule has 342 valence electrons. The average Bonchev–Trinajstić information content (AvgIpc) is 3.90. The largest absolute Gasteiger partial charge is 0.497 e. The normalized spacial score (nSPS) is 11.6. The molecule has 0 saturated carbocycles. The van der Waals surface area contributed by atoms with E-state index in [1.54, 1.807) is 25.3 Å². The van der Waals surface area contributed by atoms with Crippen molar-refractivity contribution in [1.29, 1.82) is 0 Å². The summed E-state index contributed by atoms with van der Waals surface area (Å²) in [7, 11) is 1.68. The molecule has 1 aliphatic rings. The van der Waals surface area contributed by atoms with Gasteiger partial charge in [0.15, 0.2) is 0 Å². The molecule has 0 heterocycles. The van der Waals surface area contributed by atoms with Gasteiger partial charge in [-0.3, -0.25) is 4.79 Å². The third-order valence-electron chi connectivity index (χ3n) is 13.3. The van der Waals surface area contributed by atoms with Gasteiger partial charge in [-0.15, -0.1) is 0 Å². The Balaban J connectivity index is 0.819. The predicted octanol–water partition coefficient (Wildman–Crippen LogP) is 15.7. The maximum atomic E-state index is 12.3. The highest BCUT2D eigenvalue weighted by Crippen LogP contribution is 2.46. The minimum Gasteiger partial charge on any atom is -0.497 e. The molecule has 0 fully saturated rings. The van der Waals surface area contributed by atoms with Crippen molar-refractivity contribution in [2.24, 2.45) is 5.11 Å². The smallest absolute Gasteiger partial charge is 0.335 e. The van der Waals surface area contributed by atoms with E-state index in [4.69, 9.17) is 19.7 Å². The van der Waals surface area contributed by atoms with Crippen molar-refractivity contribution in [1.82, 2.24) is 0 Å². The highest BCUT2D eigenvalue weighted by atomic mass is 16.5. The zero-order chi connectivity index (χ0) is 48.4. The van der Waals surface area contributed by atoms with Crippen LogP contribution in [0.2, 0.25) is 0 Å². The number of allylic oxidation sites excluding steroid dienone is 1. The summed E-state index contributed by atoms with van der Waals surface area (Å²) in [6, 6.07) is 62.0. The summed E-state index contributed by atoms with van der Waals surface area (Å²) in [6.45, 7) is 0.440. The van der Waals surface area contributed by atoms with E-state index in [9.17, 15) is 14.7 Å². The van der Waals surface area contributed by atoms with E-state index in [0.29, 0.717) is 17.1 Å². The van der Waals surface area contributed by atoms with Gasteiger partial charge in [0.2, 0.25) is 5.91 Å². The summed E-state index contributed by atoms with van der Waals surface area (Å²) >= 11 is 0. The molecule has 1 aliphatic carbocycles. The molecule has 0 saturated heterocycles. The summed E-state index contributed by atoms with van der Waals surface area (Å²) in [5.74, 6) is -0.105. The zero-order valence-corrected chi connectivity index (χ0v) is 38.5. The van der Waals surface area contributed by atoms with Crippen molar-refractivity contribution in [3.63, 3.8) is 0 Å². The maximum absolute atomic E-state index is 12.3. The average molecular weight is 926 g/mol. The van der Waals surface area contributed by atoms with Crippen LogP contribution in [-0.2, 0) is 19.6 Å². The lowest BCUT2D eigenvalue weighted by molar-refractivity contribution is 0.0695. The molecular weight excluding hydrogens is 883 g/mol. The van der Waals surface area contributed by atoms with Crippen molar-refractivity contribution < 1.29 is 28.9 Å². The van der Waals surface area contributed by atoms with E-state index in [2.05, 4.69) is 119 Å². The van der Waals surface area contributed by atoms with Crippen molar-refractivity contribution in [2.75, 3.05) is 7.11 Å². The Morgan fingerprint density at radius 3 is 1.41 bits per heavy atom. The molecule has 0 aliphatic heterocycles. The summed E-state index contributed by atoms with van der Waals surface area (Å²) in [6.07, 6.45) is 5.32. The number of rotatable bonds is 13. The summed E-state index contributed by atoms with van der Waals surface area (Å²) in [5, 5.41) is 19.9. The summed E-state index contributed by atoms with van der Waals surface area (Å²) in [4.78, 5) is 27.2. The molecule has 10 aromatic carbocycles. The maximum Gasteiger partial charge on any atom is 0.335 e. The van der Waals surface area contributed by atoms with Gasteiger partial charge in [0, 0.05) is 16.5 Å². The molecule has 9 heteroatoms. The lowest BCUT2D eigenvalue weighted by Crippen LogP contribution is -2.02. The summed E-state index contributed by atoms with van der Waals surface area (Å²) in [5.41, 5.74) is 22.3. The number of carboxylic acids is 1. The molecule has 11 rings (SSSR count). The fourth-order valence-corrected chi connectivity index (χ4v) is 9.96. The van der Waals surface area contributed by atoms with Crippen LogP contribution < -0.4 is 14.2 Å². The molecule has 1 N–H and O–H groups in total. The number of azide groups is 1. The van der Waals surface area contributed by atoms with E-state index in [-0.39, 0.29) is 18.8 Å². The van der Waals surface area contributed by atoms with Gasteiger partial charge in [-0.2, -0.15) is 0 Å². The van der Waals surface area contributed by atoms with E-state index < -0.39 is 11.9 Å². The van der Waals surface area contributed by atoms with Crippen LogP contribution in [0.5, 0.6) is 17.2 Å². The van der Waals surface area contributed by atoms with Crippen LogP contribution in [0.3, 0.4) is 0 Å². The molecule has 10 aromatic rings. The van der Waals surface area contributed by atoms with Crippen molar-refractivity contribution in [2.45, 2.75) is 19.6 Å². The predicted molar refractivity (Wildman–Crippen MR) is 282 cm³/mol. The van der Waals surface area contributed by atoms with Crippen LogP contribution in [-0.4, -0.2) is 24.1 Å². The second-order valence-electron chi connectivity index (χ2n) is 17.4. The number of ether oxygens (including phenoxy) is 3. The number of fused-ring (bicyclic) bond motifs is 4. The van der Waals surface area contributed by atoms with Crippen LogP contribution in [0.4, 0.5) is 0 Å². The Morgan fingerprint density at radius 2 is 0.944 bits per heavy atom. The molecule has 0 bridgehead atoms. The van der Waals surface area contributed by atoms with Gasteiger partial charge in [-0.1, -0.05) is 170 Å². The first kappa shape index (κ1) is 44.1. The first-order valence-corrected chi connectivity index (χ1v) is 23.2. The Labute approximate surface area is 409 Å². The Morgan fingerprint density at radius 1 is 0.521 bits per heavy atom. The van der Waals surface area contributed by atoms with Crippen LogP contribution >= 0.6 is 0 Å². The van der Waals surface area contributed by atoms with E-state index >= 15 is 0 Å². The third kappa shape index (κ3) is 8.48. The van der Waals surface area contributed by atoms with E-state index in [1.165, 1.54) is 45.2 Å². The number of nitrogens with zero attached hydrogens (tertiary/aromatic N) is 3. The van der Waals surface area contributed by atoms with Gasteiger partial charge >= 0.3 is 5.97 Å². The standard InChI is InChI=1S/C62H43N3O6/c1-69-46-31-29-43(30-32-46)60-54-14-7-4-11-51(54)58(55-15-8-16-56(55)60)41-23-19-39(20-24-41)37-71-48-34-45(62(67)68)33-47(35-48)70-36-38-17-21-40(22-18-38)57-49-9-2-5-12-52(49)59(53-13-6-3-10-50(53)57)42-25-27-44(28-26-42)61(66)64-65-63/h2-14,16-35H,15,36-37H2,1H3,(H,67,68). The van der Waals surface area contributed by atoms with E-state index in [0.717, 1.165) is 78.2 Å². The van der Waals surface area contributed by atoms with Crippen LogP contribution in [0.15, 0.2) is 199 Å².